The van der Waals surface area contributed by atoms with Crippen LogP contribution in [0.5, 0.6) is 0 Å². The minimum absolute atomic E-state index is 0.0194. The van der Waals surface area contributed by atoms with Gasteiger partial charge in [0, 0.05) is 31.2 Å². The Bertz CT molecular complexity index is 1130. The van der Waals surface area contributed by atoms with E-state index in [1.165, 1.54) is 6.07 Å². The highest BCUT2D eigenvalue weighted by molar-refractivity contribution is 6.00. The van der Waals surface area contributed by atoms with Crippen LogP contribution in [0.2, 0.25) is 0 Å². The highest BCUT2D eigenvalue weighted by atomic mass is 16.6. The first kappa shape index (κ1) is 24.1. The standard InChI is InChI=1S/C25H32N4O5/c1-15(2)10-18-23-21(12-25(3,4)13-22(23)30)28(27-18)19-8-7-16(11-20(19)29(32)33)24(31)26-14-17-6-5-9-34-17/h7-8,11,15,17H,5-6,9-10,12-14H2,1-4H3,(H,26,31). The number of carbonyl (C=O) groups is 2. The van der Waals surface area contributed by atoms with Gasteiger partial charge in [0.05, 0.1) is 28.0 Å². The number of Topliss-reactive ketones (excluding diaryl/α,β-unsaturated/α-hetero) is 1. The molecule has 0 bridgehead atoms. The average Bonchev–Trinajstić information content (AvgIpc) is 3.38. The van der Waals surface area contributed by atoms with Gasteiger partial charge in [-0.2, -0.15) is 5.10 Å². The minimum atomic E-state index is -0.502. The van der Waals surface area contributed by atoms with Crippen molar-refractivity contribution in [1.82, 2.24) is 15.1 Å². The largest absolute Gasteiger partial charge is 0.376 e. The molecule has 1 aliphatic carbocycles. The molecule has 9 nitrogen and oxygen atoms in total. The van der Waals surface area contributed by atoms with Crippen LogP contribution in [0.4, 0.5) is 5.69 Å². The summed E-state index contributed by atoms with van der Waals surface area (Å²) in [5.74, 6) is -0.0783. The zero-order valence-electron chi connectivity index (χ0n) is 20.2. The van der Waals surface area contributed by atoms with Gasteiger partial charge in [0.1, 0.15) is 5.69 Å². The predicted molar refractivity (Wildman–Crippen MR) is 127 cm³/mol. The van der Waals surface area contributed by atoms with Crippen LogP contribution in [0.15, 0.2) is 18.2 Å². The van der Waals surface area contributed by atoms with E-state index in [-0.39, 0.29) is 46.1 Å². The van der Waals surface area contributed by atoms with E-state index >= 15 is 0 Å². The second-order valence-corrected chi connectivity index (χ2v) is 10.5. The summed E-state index contributed by atoms with van der Waals surface area (Å²) in [5.41, 5.74) is 1.95. The average molecular weight is 469 g/mol. The number of carbonyl (C=O) groups excluding carboxylic acids is 2. The zero-order valence-corrected chi connectivity index (χ0v) is 20.2. The monoisotopic (exact) mass is 468 g/mol. The van der Waals surface area contributed by atoms with Crippen LogP contribution < -0.4 is 5.32 Å². The smallest absolute Gasteiger partial charge is 0.295 e. The molecule has 0 radical (unpaired) electrons. The number of ketones is 1. The number of fused-ring (bicyclic) bond motifs is 1. The van der Waals surface area contributed by atoms with Crippen molar-refractivity contribution in [3.8, 4) is 5.69 Å². The number of nitrogens with zero attached hydrogens (tertiary/aromatic N) is 3. The molecule has 182 valence electrons. The Morgan fingerprint density at radius 1 is 1.35 bits per heavy atom. The van der Waals surface area contributed by atoms with Crippen LogP contribution in [-0.2, 0) is 17.6 Å². The van der Waals surface area contributed by atoms with Crippen molar-refractivity contribution in [3.05, 3.63) is 50.8 Å². The number of nitrogens with one attached hydrogen (secondary N) is 1. The van der Waals surface area contributed by atoms with Crippen LogP contribution in [0, 0.1) is 21.4 Å². The Hall–Kier alpha value is -3.07. The van der Waals surface area contributed by atoms with E-state index in [0.717, 1.165) is 12.8 Å². The first-order chi connectivity index (χ1) is 16.1. The molecule has 2 aromatic rings. The summed E-state index contributed by atoms with van der Waals surface area (Å²) in [5, 5.41) is 19.5. The number of ether oxygens (including phenoxy) is 1. The molecule has 4 rings (SSSR count). The van der Waals surface area contributed by atoms with E-state index in [1.54, 1.807) is 16.8 Å². The van der Waals surface area contributed by atoms with Crippen molar-refractivity contribution in [2.24, 2.45) is 11.3 Å². The second kappa shape index (κ2) is 9.29. The molecule has 1 unspecified atom stereocenters. The molecule has 1 atom stereocenters. The summed E-state index contributed by atoms with van der Waals surface area (Å²) < 4.78 is 7.08. The first-order valence-corrected chi connectivity index (χ1v) is 11.9. The van der Waals surface area contributed by atoms with Crippen molar-refractivity contribution in [3.63, 3.8) is 0 Å². The van der Waals surface area contributed by atoms with Crippen LogP contribution >= 0.6 is 0 Å². The highest BCUT2D eigenvalue weighted by Gasteiger charge is 2.37. The number of rotatable bonds is 7. The van der Waals surface area contributed by atoms with E-state index in [2.05, 4.69) is 19.2 Å². The Balaban J connectivity index is 1.73. The number of hydrogen-bond acceptors (Lipinski definition) is 6. The van der Waals surface area contributed by atoms with Gasteiger partial charge in [-0.05, 0) is 49.1 Å². The minimum Gasteiger partial charge on any atom is -0.376 e. The number of amides is 1. The van der Waals surface area contributed by atoms with Crippen molar-refractivity contribution in [2.75, 3.05) is 13.2 Å². The van der Waals surface area contributed by atoms with Gasteiger partial charge in [0.15, 0.2) is 5.78 Å². The molecule has 9 heteroatoms. The molecular weight excluding hydrogens is 436 g/mol. The SMILES string of the molecule is CC(C)Cc1nn(-c2ccc(C(=O)NCC3CCCO3)cc2[N+](=O)[O-])c2c1C(=O)CC(C)(C)C2. The van der Waals surface area contributed by atoms with E-state index in [0.29, 0.717) is 49.4 Å². The zero-order chi connectivity index (χ0) is 24.6. The Kier molecular flexibility index (Phi) is 6.58. The summed E-state index contributed by atoms with van der Waals surface area (Å²) >= 11 is 0. The maximum absolute atomic E-state index is 13.0. The quantitative estimate of drug-likeness (QED) is 0.484. The van der Waals surface area contributed by atoms with Gasteiger partial charge in [0.25, 0.3) is 11.6 Å². The Morgan fingerprint density at radius 2 is 2.12 bits per heavy atom. The topological polar surface area (TPSA) is 116 Å². The summed E-state index contributed by atoms with van der Waals surface area (Å²) in [6, 6.07) is 4.41. The number of nitro groups is 1. The van der Waals surface area contributed by atoms with Crippen LogP contribution in [0.25, 0.3) is 5.69 Å². The van der Waals surface area contributed by atoms with Crippen LogP contribution in [0.1, 0.15) is 79.1 Å². The predicted octanol–water partition coefficient (Wildman–Crippen LogP) is 4.04. The number of nitro benzene ring substituents is 1. The van der Waals surface area contributed by atoms with Gasteiger partial charge in [-0.3, -0.25) is 19.7 Å². The van der Waals surface area contributed by atoms with Crippen LogP contribution in [0.3, 0.4) is 0 Å². The number of benzene rings is 1. The Labute approximate surface area is 199 Å². The van der Waals surface area contributed by atoms with E-state index < -0.39 is 4.92 Å². The molecule has 1 fully saturated rings. The molecule has 1 N–H and O–H groups in total. The lowest BCUT2D eigenvalue weighted by molar-refractivity contribution is -0.384. The fraction of sp³-hybridized carbons (Fsp3) is 0.560. The molecule has 1 aliphatic heterocycles. The third-order valence-electron chi connectivity index (χ3n) is 6.40. The van der Waals surface area contributed by atoms with Crippen LogP contribution in [-0.4, -0.2) is 45.6 Å². The van der Waals surface area contributed by atoms with Gasteiger partial charge < -0.3 is 10.1 Å². The number of aromatic nitrogens is 2. The van der Waals surface area contributed by atoms with Gasteiger partial charge in [0.2, 0.25) is 0 Å². The first-order valence-electron chi connectivity index (χ1n) is 11.9. The molecule has 0 saturated carbocycles. The van der Waals surface area contributed by atoms with E-state index in [9.17, 15) is 19.7 Å². The second-order valence-electron chi connectivity index (χ2n) is 10.5. The molecule has 2 heterocycles. The number of hydrogen-bond donors (Lipinski definition) is 1. The summed E-state index contributed by atoms with van der Waals surface area (Å²) in [6.45, 7) is 9.19. The van der Waals surface area contributed by atoms with E-state index in [1.807, 2.05) is 13.8 Å². The summed E-state index contributed by atoms with van der Waals surface area (Å²) in [6.07, 6.45) is 3.45. The lowest BCUT2D eigenvalue weighted by Gasteiger charge is -2.29. The molecule has 1 saturated heterocycles. The maximum Gasteiger partial charge on any atom is 0.295 e. The molecular formula is C25H32N4O5. The lowest BCUT2D eigenvalue weighted by Crippen LogP contribution is -2.31. The molecule has 1 amide bonds. The third kappa shape index (κ3) is 4.89. The van der Waals surface area contributed by atoms with Crippen molar-refractivity contribution >= 4 is 17.4 Å². The van der Waals surface area contributed by atoms with Gasteiger partial charge in [-0.15, -0.1) is 0 Å². The van der Waals surface area contributed by atoms with E-state index in [4.69, 9.17) is 9.84 Å². The maximum atomic E-state index is 13.0. The lowest BCUT2D eigenvalue weighted by atomic mass is 9.75. The van der Waals surface area contributed by atoms with Gasteiger partial charge in [-0.25, -0.2) is 4.68 Å². The van der Waals surface area contributed by atoms with Gasteiger partial charge in [-0.1, -0.05) is 27.7 Å². The molecule has 34 heavy (non-hydrogen) atoms. The van der Waals surface area contributed by atoms with Gasteiger partial charge >= 0.3 is 0 Å². The fourth-order valence-electron chi connectivity index (χ4n) is 4.86. The fourth-order valence-corrected chi connectivity index (χ4v) is 4.86. The summed E-state index contributed by atoms with van der Waals surface area (Å²) in [7, 11) is 0. The third-order valence-corrected chi connectivity index (χ3v) is 6.40. The molecule has 2 aliphatic rings. The Morgan fingerprint density at radius 3 is 2.76 bits per heavy atom. The molecule has 1 aromatic carbocycles. The van der Waals surface area contributed by atoms with Crippen molar-refractivity contribution < 1.29 is 19.2 Å². The molecule has 0 spiro atoms. The normalized spacial score (nSPS) is 19.3. The van der Waals surface area contributed by atoms with Crippen molar-refractivity contribution in [1.29, 1.82) is 0 Å². The summed E-state index contributed by atoms with van der Waals surface area (Å²) in [4.78, 5) is 37.2. The van der Waals surface area contributed by atoms with Crippen molar-refractivity contribution in [2.45, 2.75) is 65.9 Å². The highest BCUT2D eigenvalue weighted by Crippen LogP contribution is 2.39. The molecule has 1 aromatic heterocycles.